The highest BCUT2D eigenvalue weighted by molar-refractivity contribution is 7.09. The van der Waals surface area contributed by atoms with Crippen LogP contribution in [0.25, 0.3) is 0 Å². The molecule has 0 aliphatic carbocycles. The van der Waals surface area contributed by atoms with Gasteiger partial charge in [0.25, 0.3) is 0 Å². The van der Waals surface area contributed by atoms with E-state index in [-0.39, 0.29) is 0 Å². The van der Waals surface area contributed by atoms with Crippen molar-refractivity contribution in [1.82, 2.24) is 0 Å². The summed E-state index contributed by atoms with van der Waals surface area (Å²) in [6, 6.07) is 4.62. The van der Waals surface area contributed by atoms with E-state index in [9.17, 15) is 0 Å². The van der Waals surface area contributed by atoms with Crippen molar-refractivity contribution in [3.8, 4) is 12.3 Å². The van der Waals surface area contributed by atoms with Gasteiger partial charge in [-0.05, 0) is 43.6 Å². The van der Waals surface area contributed by atoms with Gasteiger partial charge in [0.1, 0.15) is 0 Å². The lowest BCUT2D eigenvalue weighted by Crippen LogP contribution is -2.19. The van der Waals surface area contributed by atoms with Crippen molar-refractivity contribution in [3.63, 3.8) is 0 Å². The summed E-state index contributed by atoms with van der Waals surface area (Å²) in [5, 5.41) is 2.13. The van der Waals surface area contributed by atoms with Crippen LogP contribution in [0.4, 0.5) is 0 Å². The molecule has 1 atom stereocenters. The zero-order valence-corrected chi connectivity index (χ0v) is 9.93. The summed E-state index contributed by atoms with van der Waals surface area (Å²) in [5.74, 6) is 2.65. The monoisotopic (exact) mass is 221 g/mol. The maximum atomic E-state index is 5.99. The van der Waals surface area contributed by atoms with Crippen molar-refractivity contribution in [3.05, 3.63) is 22.4 Å². The van der Waals surface area contributed by atoms with Gasteiger partial charge in [-0.2, -0.15) is 0 Å². The molecule has 0 aromatic carbocycles. The molecule has 2 N–H and O–H groups in total. The Hall–Kier alpha value is -0.780. The van der Waals surface area contributed by atoms with Gasteiger partial charge in [0.15, 0.2) is 0 Å². The molecule has 1 rings (SSSR count). The number of hydrogen-bond acceptors (Lipinski definition) is 2. The Morgan fingerprint density at radius 3 is 2.87 bits per heavy atom. The van der Waals surface area contributed by atoms with Crippen LogP contribution in [0.2, 0.25) is 0 Å². The minimum Gasteiger partial charge on any atom is -0.328 e. The van der Waals surface area contributed by atoms with Gasteiger partial charge < -0.3 is 5.73 Å². The van der Waals surface area contributed by atoms with E-state index in [1.165, 1.54) is 17.7 Å². The standard InChI is InChI=1S/C13H19NS/c1-2-3-4-7-12(14)8-5-9-13-10-6-11-15-13/h1,6,10-12H,3-5,7-9,14H2. The van der Waals surface area contributed by atoms with E-state index in [0.29, 0.717) is 6.04 Å². The third-order valence-corrected chi connectivity index (χ3v) is 3.41. The average molecular weight is 221 g/mol. The first-order valence-electron chi connectivity index (χ1n) is 5.54. The molecule has 1 aromatic rings. The summed E-state index contributed by atoms with van der Waals surface area (Å²) in [7, 11) is 0. The smallest absolute Gasteiger partial charge is 0.00866 e. The Kier molecular flexibility index (Phi) is 6.15. The number of nitrogens with two attached hydrogens (primary N) is 1. The molecule has 1 aromatic heterocycles. The molecule has 82 valence electrons. The molecule has 0 bridgehead atoms. The highest BCUT2D eigenvalue weighted by Crippen LogP contribution is 2.13. The summed E-state index contributed by atoms with van der Waals surface area (Å²) in [6.45, 7) is 0. The molecule has 15 heavy (non-hydrogen) atoms. The van der Waals surface area contributed by atoms with Crippen LogP contribution in [-0.2, 0) is 6.42 Å². The number of rotatable bonds is 7. The van der Waals surface area contributed by atoms with E-state index in [0.717, 1.165) is 25.7 Å². The lowest BCUT2D eigenvalue weighted by atomic mass is 10.0. The fraction of sp³-hybridized carbons (Fsp3) is 0.538. The van der Waals surface area contributed by atoms with E-state index in [1.54, 1.807) is 0 Å². The average Bonchev–Trinajstić information content (AvgIpc) is 2.71. The van der Waals surface area contributed by atoms with Crippen molar-refractivity contribution in [2.45, 2.75) is 44.6 Å². The highest BCUT2D eigenvalue weighted by atomic mass is 32.1. The molecule has 0 spiro atoms. The molecular weight excluding hydrogens is 202 g/mol. The number of hydrogen-bond donors (Lipinski definition) is 1. The number of unbranched alkanes of at least 4 members (excludes halogenated alkanes) is 1. The fourth-order valence-corrected chi connectivity index (χ4v) is 2.36. The maximum Gasteiger partial charge on any atom is 0.00866 e. The van der Waals surface area contributed by atoms with Crippen molar-refractivity contribution >= 4 is 11.3 Å². The van der Waals surface area contributed by atoms with E-state index < -0.39 is 0 Å². The molecule has 0 aliphatic heterocycles. The first-order valence-corrected chi connectivity index (χ1v) is 6.42. The zero-order valence-electron chi connectivity index (χ0n) is 9.11. The van der Waals surface area contributed by atoms with Crippen LogP contribution >= 0.6 is 11.3 Å². The molecular formula is C13H19NS. The quantitative estimate of drug-likeness (QED) is 0.555. The summed E-state index contributed by atoms with van der Waals surface area (Å²) in [6.07, 6.45) is 11.7. The van der Waals surface area contributed by atoms with Gasteiger partial charge >= 0.3 is 0 Å². The first-order chi connectivity index (χ1) is 7.33. The summed E-state index contributed by atoms with van der Waals surface area (Å²) >= 11 is 1.83. The third kappa shape index (κ3) is 5.61. The topological polar surface area (TPSA) is 26.0 Å². The lowest BCUT2D eigenvalue weighted by molar-refractivity contribution is 0.532. The Balaban J connectivity index is 2.02. The SMILES string of the molecule is C#CCCCC(N)CCCc1cccs1. The zero-order chi connectivity index (χ0) is 10.9. The second-order valence-corrected chi connectivity index (χ2v) is 4.86. The molecule has 2 heteroatoms. The van der Waals surface area contributed by atoms with Gasteiger partial charge in [-0.15, -0.1) is 23.7 Å². The predicted octanol–water partition coefficient (Wildman–Crippen LogP) is 3.20. The van der Waals surface area contributed by atoms with E-state index in [1.807, 2.05) is 11.3 Å². The van der Waals surface area contributed by atoms with Crippen molar-refractivity contribution < 1.29 is 0 Å². The van der Waals surface area contributed by atoms with Crippen LogP contribution in [0.5, 0.6) is 0 Å². The minimum absolute atomic E-state index is 0.332. The molecule has 0 aliphatic rings. The molecule has 0 fully saturated rings. The molecule has 0 saturated carbocycles. The molecule has 0 saturated heterocycles. The lowest BCUT2D eigenvalue weighted by Gasteiger charge is -2.09. The van der Waals surface area contributed by atoms with E-state index in [2.05, 4.69) is 23.4 Å². The van der Waals surface area contributed by atoms with Crippen LogP contribution in [0.1, 0.15) is 37.0 Å². The van der Waals surface area contributed by atoms with Crippen LogP contribution in [-0.4, -0.2) is 6.04 Å². The largest absolute Gasteiger partial charge is 0.328 e. The Labute approximate surface area is 96.7 Å². The third-order valence-electron chi connectivity index (χ3n) is 2.47. The Morgan fingerprint density at radius 1 is 1.40 bits per heavy atom. The maximum absolute atomic E-state index is 5.99. The van der Waals surface area contributed by atoms with Crippen molar-refractivity contribution in [1.29, 1.82) is 0 Å². The molecule has 0 radical (unpaired) electrons. The summed E-state index contributed by atoms with van der Waals surface area (Å²) in [4.78, 5) is 1.46. The first kappa shape index (κ1) is 12.3. The Bertz CT molecular complexity index is 284. The van der Waals surface area contributed by atoms with Crippen LogP contribution in [0.15, 0.2) is 17.5 Å². The summed E-state index contributed by atoms with van der Waals surface area (Å²) < 4.78 is 0. The summed E-state index contributed by atoms with van der Waals surface area (Å²) in [5.41, 5.74) is 5.99. The number of terminal acetylenes is 1. The van der Waals surface area contributed by atoms with Crippen LogP contribution in [0, 0.1) is 12.3 Å². The predicted molar refractivity (Wildman–Crippen MR) is 67.9 cm³/mol. The number of aryl methyl sites for hydroxylation is 1. The fourth-order valence-electron chi connectivity index (χ4n) is 1.60. The molecule has 1 nitrogen and oxygen atoms in total. The van der Waals surface area contributed by atoms with Crippen molar-refractivity contribution in [2.75, 3.05) is 0 Å². The van der Waals surface area contributed by atoms with Gasteiger partial charge in [0, 0.05) is 17.3 Å². The van der Waals surface area contributed by atoms with Crippen molar-refractivity contribution in [2.24, 2.45) is 5.73 Å². The second-order valence-electron chi connectivity index (χ2n) is 3.83. The van der Waals surface area contributed by atoms with Gasteiger partial charge in [-0.3, -0.25) is 0 Å². The molecule has 0 amide bonds. The number of thiophene rings is 1. The van der Waals surface area contributed by atoms with E-state index in [4.69, 9.17) is 12.2 Å². The molecule has 1 heterocycles. The van der Waals surface area contributed by atoms with Gasteiger partial charge in [-0.1, -0.05) is 6.07 Å². The highest BCUT2D eigenvalue weighted by Gasteiger charge is 2.02. The minimum atomic E-state index is 0.332. The van der Waals surface area contributed by atoms with Crippen LogP contribution in [0.3, 0.4) is 0 Å². The Morgan fingerprint density at radius 2 is 2.20 bits per heavy atom. The molecule has 1 unspecified atom stereocenters. The van der Waals surface area contributed by atoms with Gasteiger partial charge in [0.05, 0.1) is 0 Å². The van der Waals surface area contributed by atoms with Crippen LogP contribution < -0.4 is 5.73 Å². The van der Waals surface area contributed by atoms with Gasteiger partial charge in [-0.25, -0.2) is 0 Å². The van der Waals surface area contributed by atoms with Gasteiger partial charge in [0.2, 0.25) is 0 Å². The second kappa shape index (κ2) is 7.50. The van der Waals surface area contributed by atoms with E-state index >= 15 is 0 Å². The normalized spacial score (nSPS) is 12.3.